The minimum atomic E-state index is -1.30. The van der Waals surface area contributed by atoms with E-state index in [2.05, 4.69) is 0 Å². The fraction of sp³-hybridized carbons (Fsp3) is 0.435. The van der Waals surface area contributed by atoms with Crippen LogP contribution < -0.4 is 10.4 Å². The van der Waals surface area contributed by atoms with Crippen LogP contribution >= 0.6 is 0 Å². The van der Waals surface area contributed by atoms with Crippen molar-refractivity contribution in [2.75, 3.05) is 7.11 Å². The summed E-state index contributed by atoms with van der Waals surface area (Å²) in [5, 5.41) is 20.8. The third-order valence-electron chi connectivity index (χ3n) is 5.22. The van der Waals surface area contributed by atoms with Gasteiger partial charge >= 0.3 is 5.63 Å². The molecular formula is C23H30O6. The predicted molar refractivity (Wildman–Crippen MR) is 113 cm³/mol. The molecule has 1 aliphatic heterocycles. The molecule has 2 heterocycles. The van der Waals surface area contributed by atoms with Gasteiger partial charge in [-0.3, -0.25) is 0 Å². The van der Waals surface area contributed by atoms with E-state index in [1.165, 1.54) is 13.2 Å². The van der Waals surface area contributed by atoms with Crippen LogP contribution in [-0.4, -0.2) is 40.7 Å². The summed E-state index contributed by atoms with van der Waals surface area (Å²) in [4.78, 5) is 11.5. The summed E-state index contributed by atoms with van der Waals surface area (Å²) >= 11 is 0. The van der Waals surface area contributed by atoms with Crippen LogP contribution in [0, 0.1) is 6.92 Å². The molecule has 0 bridgehead atoms. The van der Waals surface area contributed by atoms with Gasteiger partial charge < -0.3 is 24.1 Å². The molecule has 0 radical (unpaired) electrons. The van der Waals surface area contributed by atoms with E-state index in [4.69, 9.17) is 13.9 Å². The zero-order valence-electron chi connectivity index (χ0n) is 17.8. The van der Waals surface area contributed by atoms with Crippen molar-refractivity contribution in [1.82, 2.24) is 0 Å². The van der Waals surface area contributed by atoms with Crippen molar-refractivity contribution in [3.63, 3.8) is 0 Å². The first-order valence-corrected chi connectivity index (χ1v) is 9.49. The Balaban J connectivity index is 2.04. The molecule has 1 aromatic rings. The molecule has 0 unspecified atom stereocenters. The highest BCUT2D eigenvalue weighted by Gasteiger charge is 2.55. The quantitative estimate of drug-likeness (QED) is 0.710. The van der Waals surface area contributed by atoms with Gasteiger partial charge in [-0.2, -0.15) is 0 Å². The second kappa shape index (κ2) is 8.95. The lowest BCUT2D eigenvalue weighted by Gasteiger charge is -2.28. The smallest absolute Gasteiger partial charge is 0.339 e. The maximum atomic E-state index is 11.5. The Morgan fingerprint density at radius 3 is 2.48 bits per heavy atom. The van der Waals surface area contributed by atoms with Crippen molar-refractivity contribution in [2.45, 2.75) is 58.0 Å². The molecule has 1 fully saturated rings. The molecule has 158 valence electrons. The number of ether oxygens (including phenoxy) is 2. The van der Waals surface area contributed by atoms with Gasteiger partial charge in [-0.1, -0.05) is 36.0 Å². The van der Waals surface area contributed by atoms with Gasteiger partial charge in [0.15, 0.2) is 0 Å². The number of hydrogen-bond acceptors (Lipinski definition) is 6. The molecular weight excluding hydrogens is 372 g/mol. The van der Waals surface area contributed by atoms with Gasteiger partial charge in [0.25, 0.3) is 0 Å². The first kappa shape index (κ1) is 22.9. The predicted octanol–water partition coefficient (Wildman–Crippen LogP) is 3.32. The maximum absolute atomic E-state index is 11.5. The Morgan fingerprint density at radius 2 is 1.90 bits per heavy atom. The van der Waals surface area contributed by atoms with Crippen molar-refractivity contribution >= 4 is 6.08 Å². The van der Waals surface area contributed by atoms with E-state index >= 15 is 0 Å². The molecule has 6 nitrogen and oxygen atoms in total. The molecule has 0 spiro atoms. The van der Waals surface area contributed by atoms with Gasteiger partial charge in [0.1, 0.15) is 28.8 Å². The highest BCUT2D eigenvalue weighted by molar-refractivity contribution is 5.52. The lowest BCUT2D eigenvalue weighted by molar-refractivity contribution is -0.0579. The topological polar surface area (TPSA) is 89.1 Å². The largest absolute Gasteiger partial charge is 0.496 e. The second-order valence-corrected chi connectivity index (χ2v) is 7.69. The molecule has 2 rings (SSSR count). The highest BCUT2D eigenvalue weighted by atomic mass is 16.6. The summed E-state index contributed by atoms with van der Waals surface area (Å²) in [6.45, 7) is 8.79. The van der Waals surface area contributed by atoms with E-state index in [1.54, 1.807) is 39.0 Å². The Labute approximate surface area is 171 Å². The van der Waals surface area contributed by atoms with Crippen LogP contribution in [-0.2, 0) is 4.74 Å². The minimum Gasteiger partial charge on any atom is -0.496 e. The average molecular weight is 402 g/mol. The summed E-state index contributed by atoms with van der Waals surface area (Å²) < 4.78 is 16.1. The van der Waals surface area contributed by atoms with Crippen LogP contribution in [0.3, 0.4) is 0 Å². The summed E-state index contributed by atoms with van der Waals surface area (Å²) in [7, 11) is 1.51. The van der Waals surface area contributed by atoms with E-state index in [1.807, 2.05) is 38.2 Å². The van der Waals surface area contributed by atoms with Crippen molar-refractivity contribution in [1.29, 1.82) is 0 Å². The zero-order valence-corrected chi connectivity index (χ0v) is 17.8. The van der Waals surface area contributed by atoms with Crippen LogP contribution in [0.1, 0.15) is 39.0 Å². The van der Waals surface area contributed by atoms with E-state index in [0.717, 1.165) is 11.1 Å². The molecule has 1 aliphatic rings. The van der Waals surface area contributed by atoms with Gasteiger partial charge in [0.2, 0.25) is 0 Å². The van der Waals surface area contributed by atoms with Crippen molar-refractivity contribution in [2.24, 2.45) is 0 Å². The molecule has 0 aliphatic carbocycles. The van der Waals surface area contributed by atoms with Crippen LogP contribution in [0.15, 0.2) is 57.3 Å². The fourth-order valence-electron chi connectivity index (χ4n) is 3.38. The van der Waals surface area contributed by atoms with Crippen LogP contribution in [0.4, 0.5) is 0 Å². The molecule has 4 atom stereocenters. The fourth-order valence-corrected chi connectivity index (χ4v) is 3.38. The molecule has 1 saturated heterocycles. The Hall–Kier alpha value is -2.41. The van der Waals surface area contributed by atoms with Gasteiger partial charge in [-0.25, -0.2) is 4.79 Å². The Kier molecular flexibility index (Phi) is 7.06. The number of hydrogen-bond donors (Lipinski definition) is 2. The third kappa shape index (κ3) is 5.15. The van der Waals surface area contributed by atoms with Gasteiger partial charge in [-0.05, 0) is 46.8 Å². The molecule has 1 aromatic heterocycles. The number of rotatable bonds is 6. The maximum Gasteiger partial charge on any atom is 0.339 e. The molecule has 29 heavy (non-hydrogen) atoms. The normalized spacial score (nSPS) is 30.8. The van der Waals surface area contributed by atoms with Crippen LogP contribution in [0.5, 0.6) is 5.75 Å². The molecule has 0 aromatic carbocycles. The molecule has 0 amide bonds. The summed E-state index contributed by atoms with van der Waals surface area (Å²) in [5.41, 5.74) is -1.08. The summed E-state index contributed by atoms with van der Waals surface area (Å²) in [5.74, 6) is 0.934. The second-order valence-electron chi connectivity index (χ2n) is 7.69. The van der Waals surface area contributed by atoms with Crippen molar-refractivity contribution in [3.05, 3.63) is 69.8 Å². The number of methoxy groups -OCH3 is 1. The first-order valence-electron chi connectivity index (χ1n) is 9.49. The standard InChI is InChI=1S/C23H30O6/c1-15(14-22(4)21(25)23(5,26)17(3)29-22)11-9-7-8-10-12-18-16(2)19(27-6)13-20(24)28-18/h7-14,17,21,25-26H,1-6H3/b8-7+,11-9+,12-10+,15-14+/t17-,21+,22-,23+/m0/s1. The van der Waals surface area contributed by atoms with Crippen molar-refractivity contribution in [3.8, 4) is 5.75 Å². The lowest BCUT2D eigenvalue weighted by Crippen LogP contribution is -2.47. The SMILES string of the molecule is COc1cc(=O)oc(/C=C/C=C/C=C/C(C)=C/[C@]2(C)O[C@@H](C)[C@@](C)(O)[C@@H]2O)c1C. The molecule has 2 N–H and O–H groups in total. The van der Waals surface area contributed by atoms with Gasteiger partial charge in [-0.15, -0.1) is 0 Å². The Morgan fingerprint density at radius 1 is 1.24 bits per heavy atom. The highest BCUT2D eigenvalue weighted by Crippen LogP contribution is 2.39. The van der Waals surface area contributed by atoms with Crippen molar-refractivity contribution < 1.29 is 24.1 Å². The molecule has 6 heteroatoms. The van der Waals surface area contributed by atoms with Gasteiger partial charge in [0.05, 0.1) is 19.3 Å². The van der Waals surface area contributed by atoms with E-state index < -0.39 is 29.0 Å². The van der Waals surface area contributed by atoms with Gasteiger partial charge in [0, 0.05) is 5.56 Å². The lowest BCUT2D eigenvalue weighted by atomic mass is 9.86. The van der Waals surface area contributed by atoms with E-state index in [-0.39, 0.29) is 0 Å². The zero-order chi connectivity index (χ0) is 21.8. The monoisotopic (exact) mass is 402 g/mol. The first-order chi connectivity index (χ1) is 13.5. The minimum absolute atomic E-state index is 0.445. The third-order valence-corrected chi connectivity index (χ3v) is 5.22. The summed E-state index contributed by atoms with van der Waals surface area (Å²) in [6, 6.07) is 1.31. The molecule has 0 saturated carbocycles. The summed E-state index contributed by atoms with van der Waals surface area (Å²) in [6.07, 6.45) is 11.1. The van der Waals surface area contributed by atoms with Crippen LogP contribution in [0.2, 0.25) is 0 Å². The number of aliphatic hydroxyl groups is 2. The van der Waals surface area contributed by atoms with E-state index in [9.17, 15) is 15.0 Å². The van der Waals surface area contributed by atoms with E-state index in [0.29, 0.717) is 11.5 Å². The average Bonchev–Trinajstić information content (AvgIpc) is 2.79. The number of aliphatic hydroxyl groups excluding tert-OH is 1. The number of allylic oxidation sites excluding steroid dienone is 6. The Bertz CT molecular complexity index is 902. The van der Waals surface area contributed by atoms with Crippen LogP contribution in [0.25, 0.3) is 6.08 Å².